The first kappa shape index (κ1) is 23.1. The number of hydrogen-bond acceptors (Lipinski definition) is 4. The molecular weight excluding hydrogens is 445 g/mol. The quantitative estimate of drug-likeness (QED) is 0.278. The minimum Gasteiger partial charge on any atom is -0.496 e. The first-order valence-corrected chi connectivity index (χ1v) is 12.3. The van der Waals surface area contributed by atoms with Crippen molar-refractivity contribution in [2.75, 3.05) is 7.11 Å². The van der Waals surface area contributed by atoms with E-state index in [-0.39, 0.29) is 11.7 Å². The summed E-state index contributed by atoms with van der Waals surface area (Å²) in [5.41, 5.74) is 1.05. The van der Waals surface area contributed by atoms with E-state index in [1.54, 1.807) is 67.8 Å². The van der Waals surface area contributed by atoms with E-state index in [0.717, 1.165) is 0 Å². The molecule has 4 aromatic rings. The Morgan fingerprint density at radius 3 is 1.79 bits per heavy atom. The van der Waals surface area contributed by atoms with Crippen LogP contribution in [0, 0.1) is 0 Å². The Hall–Kier alpha value is -4.08. The Morgan fingerprint density at radius 2 is 1.24 bits per heavy atom. The van der Waals surface area contributed by atoms with Crippen LogP contribution in [0.1, 0.15) is 15.9 Å². The van der Waals surface area contributed by atoms with Crippen LogP contribution in [0.4, 0.5) is 0 Å². The molecule has 0 spiro atoms. The number of para-hydroxylation sites is 1. The fraction of sp³-hybridized carbons (Fsp3) is 0.0357. The van der Waals surface area contributed by atoms with Crippen LogP contribution in [0.5, 0.6) is 5.75 Å². The van der Waals surface area contributed by atoms with Gasteiger partial charge < -0.3 is 14.6 Å². The summed E-state index contributed by atoms with van der Waals surface area (Å²) in [5, 5.41) is 3.85. The summed E-state index contributed by atoms with van der Waals surface area (Å²) < 4.78 is 26.4. The normalized spacial score (nSPS) is 11.5. The largest absolute Gasteiger partial charge is 0.496 e. The highest BCUT2D eigenvalue weighted by Crippen LogP contribution is 2.49. The molecule has 0 saturated heterocycles. The van der Waals surface area contributed by atoms with E-state index in [1.807, 2.05) is 54.6 Å². The Bertz CT molecular complexity index is 1280. The van der Waals surface area contributed by atoms with E-state index in [9.17, 15) is 9.36 Å². The third-order valence-corrected chi connectivity index (χ3v) is 7.57. The van der Waals surface area contributed by atoms with Crippen molar-refractivity contribution in [2.45, 2.75) is 0 Å². The summed E-state index contributed by atoms with van der Waals surface area (Å²) in [6.07, 6.45) is 1.44. The SMILES string of the molecule is COc1ccccc1C(=CNC(=O)c1ccccc1)OP(=O)(c1ccccc1)c1ccccc1. The maximum Gasteiger partial charge on any atom is 0.306 e. The van der Waals surface area contributed by atoms with E-state index >= 15 is 0 Å². The Kier molecular flexibility index (Phi) is 7.26. The van der Waals surface area contributed by atoms with Crippen molar-refractivity contribution in [1.82, 2.24) is 5.32 Å². The third kappa shape index (κ3) is 5.11. The maximum atomic E-state index is 14.5. The molecule has 0 bridgehead atoms. The highest BCUT2D eigenvalue weighted by Gasteiger charge is 2.32. The fourth-order valence-electron chi connectivity index (χ4n) is 3.45. The van der Waals surface area contributed by atoms with Crippen molar-refractivity contribution in [2.24, 2.45) is 0 Å². The molecule has 0 aliphatic carbocycles. The van der Waals surface area contributed by atoms with Gasteiger partial charge in [0.25, 0.3) is 5.91 Å². The predicted octanol–water partition coefficient (Wildman–Crippen LogP) is 5.37. The van der Waals surface area contributed by atoms with Gasteiger partial charge >= 0.3 is 7.37 Å². The van der Waals surface area contributed by atoms with Gasteiger partial charge in [0.2, 0.25) is 0 Å². The van der Waals surface area contributed by atoms with Gasteiger partial charge in [-0.1, -0.05) is 66.7 Å². The van der Waals surface area contributed by atoms with Gasteiger partial charge in [-0.15, -0.1) is 0 Å². The first-order valence-electron chi connectivity index (χ1n) is 10.7. The average Bonchev–Trinajstić information content (AvgIpc) is 2.92. The fourth-order valence-corrected chi connectivity index (χ4v) is 5.51. The molecule has 6 heteroatoms. The van der Waals surface area contributed by atoms with Crippen LogP contribution >= 0.6 is 7.37 Å². The molecule has 170 valence electrons. The number of ether oxygens (including phenoxy) is 1. The lowest BCUT2D eigenvalue weighted by molar-refractivity contribution is 0.0969. The highest BCUT2D eigenvalue weighted by atomic mass is 31.2. The van der Waals surface area contributed by atoms with Crippen LogP contribution < -0.4 is 20.7 Å². The predicted molar refractivity (Wildman–Crippen MR) is 136 cm³/mol. The van der Waals surface area contributed by atoms with Crippen molar-refractivity contribution in [3.63, 3.8) is 0 Å². The number of amides is 1. The van der Waals surface area contributed by atoms with Crippen LogP contribution in [0.15, 0.2) is 121 Å². The second-order valence-corrected chi connectivity index (χ2v) is 9.68. The van der Waals surface area contributed by atoms with Gasteiger partial charge in [-0.25, -0.2) is 0 Å². The van der Waals surface area contributed by atoms with Crippen LogP contribution in [0.2, 0.25) is 0 Å². The minimum atomic E-state index is -3.58. The standard InChI is InChI=1S/C28H24NO4P/c1-32-26-20-12-11-19-25(26)27(21-29-28(30)22-13-5-2-6-14-22)33-34(31,23-15-7-3-8-16-23)24-17-9-4-10-18-24/h2-21H,1H3,(H,29,30). The number of benzene rings is 4. The second-order valence-electron chi connectivity index (χ2n) is 7.36. The number of rotatable bonds is 8. The summed E-state index contributed by atoms with van der Waals surface area (Å²) in [6.45, 7) is 0. The zero-order valence-electron chi connectivity index (χ0n) is 18.6. The van der Waals surface area contributed by atoms with E-state index < -0.39 is 7.37 Å². The number of nitrogens with one attached hydrogen (secondary N) is 1. The molecule has 0 saturated carbocycles. The summed E-state index contributed by atoms with van der Waals surface area (Å²) in [6, 6.07) is 34.1. The molecule has 1 amide bonds. The van der Waals surface area contributed by atoms with E-state index in [1.165, 1.54) is 6.20 Å². The lowest BCUT2D eigenvalue weighted by Crippen LogP contribution is -2.20. The Balaban J connectivity index is 1.80. The maximum absolute atomic E-state index is 14.5. The van der Waals surface area contributed by atoms with E-state index in [4.69, 9.17) is 9.26 Å². The van der Waals surface area contributed by atoms with Gasteiger partial charge in [-0.2, -0.15) is 0 Å². The zero-order valence-corrected chi connectivity index (χ0v) is 19.5. The van der Waals surface area contributed by atoms with Crippen molar-refractivity contribution in [3.8, 4) is 5.75 Å². The number of carbonyl (C=O) groups is 1. The van der Waals surface area contributed by atoms with Crippen molar-refractivity contribution in [3.05, 3.63) is 133 Å². The van der Waals surface area contributed by atoms with Crippen molar-refractivity contribution < 1.29 is 18.6 Å². The topological polar surface area (TPSA) is 64.6 Å². The van der Waals surface area contributed by atoms with Crippen LogP contribution in [-0.2, 0) is 9.09 Å². The number of hydrogen-bond donors (Lipinski definition) is 1. The molecule has 4 rings (SSSR count). The zero-order chi connectivity index (χ0) is 23.8. The molecule has 1 N–H and O–H groups in total. The Morgan fingerprint density at radius 1 is 0.735 bits per heavy atom. The molecule has 0 radical (unpaired) electrons. The third-order valence-electron chi connectivity index (χ3n) is 5.16. The molecule has 0 atom stereocenters. The summed E-state index contributed by atoms with van der Waals surface area (Å²) >= 11 is 0. The first-order chi connectivity index (χ1) is 16.6. The second kappa shape index (κ2) is 10.7. The molecular formula is C28H24NO4P. The lowest BCUT2D eigenvalue weighted by atomic mass is 10.1. The highest BCUT2D eigenvalue weighted by molar-refractivity contribution is 7.74. The van der Waals surface area contributed by atoms with Crippen molar-refractivity contribution >= 4 is 29.6 Å². The molecule has 34 heavy (non-hydrogen) atoms. The summed E-state index contributed by atoms with van der Waals surface area (Å²) in [7, 11) is -2.03. The molecule has 0 aromatic heterocycles. The van der Waals surface area contributed by atoms with E-state index in [2.05, 4.69) is 5.32 Å². The number of carbonyl (C=O) groups excluding carboxylic acids is 1. The van der Waals surface area contributed by atoms with Crippen LogP contribution in [-0.4, -0.2) is 13.0 Å². The minimum absolute atomic E-state index is 0.220. The van der Waals surface area contributed by atoms with E-state index in [0.29, 0.717) is 27.5 Å². The number of methoxy groups -OCH3 is 1. The molecule has 0 heterocycles. The summed E-state index contributed by atoms with van der Waals surface area (Å²) in [4.78, 5) is 12.7. The van der Waals surface area contributed by atoms with Crippen LogP contribution in [0.3, 0.4) is 0 Å². The molecule has 0 aliphatic rings. The average molecular weight is 469 g/mol. The van der Waals surface area contributed by atoms with Gasteiger partial charge in [0.1, 0.15) is 5.75 Å². The monoisotopic (exact) mass is 469 g/mol. The summed E-state index contributed by atoms with van der Waals surface area (Å²) in [5.74, 6) is 0.430. The van der Waals surface area contributed by atoms with Gasteiger partial charge in [0.05, 0.1) is 23.3 Å². The lowest BCUT2D eigenvalue weighted by Gasteiger charge is -2.23. The van der Waals surface area contributed by atoms with Gasteiger partial charge in [0, 0.05) is 11.8 Å². The van der Waals surface area contributed by atoms with Gasteiger partial charge in [-0.3, -0.25) is 9.36 Å². The molecule has 4 aromatic carbocycles. The Labute approximate surface area is 199 Å². The van der Waals surface area contributed by atoms with Gasteiger partial charge in [-0.05, 0) is 48.5 Å². The molecule has 0 aliphatic heterocycles. The smallest absolute Gasteiger partial charge is 0.306 e. The van der Waals surface area contributed by atoms with Crippen LogP contribution in [0.25, 0.3) is 5.76 Å². The van der Waals surface area contributed by atoms with Crippen molar-refractivity contribution in [1.29, 1.82) is 0 Å². The van der Waals surface area contributed by atoms with Gasteiger partial charge in [0.15, 0.2) is 5.76 Å². The molecule has 0 unspecified atom stereocenters. The molecule has 5 nitrogen and oxygen atoms in total. The molecule has 0 fully saturated rings.